The number of amides is 1. The number of sulfone groups is 1. The first-order valence-electron chi connectivity index (χ1n) is 7.61. The van der Waals surface area contributed by atoms with E-state index in [-0.39, 0.29) is 17.4 Å². The molecule has 7 heteroatoms. The molecule has 6 nitrogen and oxygen atoms in total. The summed E-state index contributed by atoms with van der Waals surface area (Å²) < 4.78 is 27.5. The summed E-state index contributed by atoms with van der Waals surface area (Å²) in [5.41, 5.74) is -0.861. The molecule has 0 atom stereocenters. The van der Waals surface area contributed by atoms with Crippen molar-refractivity contribution in [3.63, 3.8) is 0 Å². The minimum Gasteiger partial charge on any atom is -0.444 e. The molecule has 1 N–H and O–H groups in total. The standard InChI is InChI=1S/C15H32N2O4S/c1-14(2,3)17(13(18)21-15(4,5)6)11-10-16-9-8-12-22(7,19)20/h16H,8-12H2,1-7H3. The molecule has 0 aromatic rings. The van der Waals surface area contributed by atoms with Crippen molar-refractivity contribution >= 4 is 15.9 Å². The van der Waals surface area contributed by atoms with E-state index in [0.717, 1.165) is 0 Å². The Kier molecular flexibility index (Phi) is 7.85. The van der Waals surface area contributed by atoms with E-state index >= 15 is 0 Å². The SMILES string of the molecule is CC(C)(C)OC(=O)N(CCNCCCS(C)(=O)=O)C(C)(C)C. The fourth-order valence-corrected chi connectivity index (χ4v) is 2.46. The van der Waals surface area contributed by atoms with E-state index in [4.69, 9.17) is 4.74 Å². The average molecular weight is 336 g/mol. The first kappa shape index (κ1) is 21.2. The quantitative estimate of drug-likeness (QED) is 0.720. The maximum atomic E-state index is 12.3. The number of ether oxygens (including phenoxy) is 1. The number of nitrogens with zero attached hydrogens (tertiary/aromatic N) is 1. The zero-order valence-electron chi connectivity index (χ0n) is 15.0. The molecule has 132 valence electrons. The molecule has 0 heterocycles. The number of rotatable bonds is 7. The molecule has 0 rings (SSSR count). The van der Waals surface area contributed by atoms with Gasteiger partial charge in [0.25, 0.3) is 0 Å². The van der Waals surface area contributed by atoms with Gasteiger partial charge in [0.2, 0.25) is 0 Å². The van der Waals surface area contributed by atoms with Gasteiger partial charge < -0.3 is 15.0 Å². The molecular weight excluding hydrogens is 304 g/mol. The Labute approximate surface area is 135 Å². The van der Waals surface area contributed by atoms with Crippen LogP contribution in [0.15, 0.2) is 0 Å². The van der Waals surface area contributed by atoms with Gasteiger partial charge in [-0.25, -0.2) is 13.2 Å². The second kappa shape index (κ2) is 8.15. The van der Waals surface area contributed by atoms with Gasteiger partial charge in [0.1, 0.15) is 15.4 Å². The maximum absolute atomic E-state index is 12.3. The molecule has 0 spiro atoms. The molecule has 0 aromatic heterocycles. The third-order valence-electron chi connectivity index (χ3n) is 2.80. The van der Waals surface area contributed by atoms with Crippen LogP contribution >= 0.6 is 0 Å². The highest BCUT2D eigenvalue weighted by Crippen LogP contribution is 2.17. The van der Waals surface area contributed by atoms with E-state index in [0.29, 0.717) is 26.1 Å². The van der Waals surface area contributed by atoms with Crippen LogP contribution in [-0.2, 0) is 14.6 Å². The summed E-state index contributed by atoms with van der Waals surface area (Å²) in [7, 11) is -2.91. The molecule has 0 radical (unpaired) electrons. The lowest BCUT2D eigenvalue weighted by Crippen LogP contribution is -2.50. The highest BCUT2D eigenvalue weighted by Gasteiger charge is 2.30. The smallest absolute Gasteiger partial charge is 0.410 e. The Hall–Kier alpha value is -0.820. The molecule has 0 saturated heterocycles. The highest BCUT2D eigenvalue weighted by molar-refractivity contribution is 7.90. The molecule has 22 heavy (non-hydrogen) atoms. The van der Waals surface area contributed by atoms with Gasteiger partial charge in [0.15, 0.2) is 0 Å². The van der Waals surface area contributed by atoms with E-state index in [1.54, 1.807) is 4.90 Å². The van der Waals surface area contributed by atoms with E-state index in [9.17, 15) is 13.2 Å². The van der Waals surface area contributed by atoms with Crippen LogP contribution in [0.2, 0.25) is 0 Å². The molecule has 0 aliphatic rings. The lowest BCUT2D eigenvalue weighted by molar-refractivity contribution is 0.00666. The van der Waals surface area contributed by atoms with Gasteiger partial charge in [-0.05, 0) is 54.5 Å². The summed E-state index contributed by atoms with van der Waals surface area (Å²) in [4.78, 5) is 13.9. The van der Waals surface area contributed by atoms with E-state index in [2.05, 4.69) is 5.32 Å². The van der Waals surface area contributed by atoms with Gasteiger partial charge in [0.05, 0.1) is 5.75 Å². The lowest BCUT2D eigenvalue weighted by atomic mass is 10.1. The van der Waals surface area contributed by atoms with Gasteiger partial charge in [-0.2, -0.15) is 0 Å². The number of carbonyl (C=O) groups is 1. The third kappa shape index (κ3) is 10.8. The van der Waals surface area contributed by atoms with Gasteiger partial charge in [-0.15, -0.1) is 0 Å². The van der Waals surface area contributed by atoms with Gasteiger partial charge >= 0.3 is 6.09 Å². The number of hydrogen-bond acceptors (Lipinski definition) is 5. The van der Waals surface area contributed by atoms with Crippen molar-refractivity contribution in [1.29, 1.82) is 0 Å². The van der Waals surface area contributed by atoms with Crippen molar-refractivity contribution in [2.45, 2.75) is 59.1 Å². The molecule has 1 amide bonds. The Morgan fingerprint density at radius 1 is 1.09 bits per heavy atom. The first-order valence-corrected chi connectivity index (χ1v) is 9.67. The van der Waals surface area contributed by atoms with Crippen LogP contribution in [0.3, 0.4) is 0 Å². The molecule has 0 saturated carbocycles. The van der Waals surface area contributed by atoms with Crippen LogP contribution < -0.4 is 5.32 Å². The highest BCUT2D eigenvalue weighted by atomic mass is 32.2. The van der Waals surface area contributed by atoms with Crippen molar-refractivity contribution in [3.05, 3.63) is 0 Å². The molecular formula is C15H32N2O4S. The van der Waals surface area contributed by atoms with E-state index in [1.807, 2.05) is 41.5 Å². The van der Waals surface area contributed by atoms with Gasteiger partial charge in [-0.3, -0.25) is 0 Å². The van der Waals surface area contributed by atoms with Crippen molar-refractivity contribution < 1.29 is 17.9 Å². The number of hydrogen-bond donors (Lipinski definition) is 1. The van der Waals surface area contributed by atoms with Crippen molar-refractivity contribution in [3.8, 4) is 0 Å². The summed E-state index contributed by atoms with van der Waals surface area (Å²) in [6.07, 6.45) is 1.47. The summed E-state index contributed by atoms with van der Waals surface area (Å²) in [5.74, 6) is 0.176. The van der Waals surface area contributed by atoms with Crippen LogP contribution in [0, 0.1) is 0 Å². The summed E-state index contributed by atoms with van der Waals surface area (Å²) in [6, 6.07) is 0. The Balaban J connectivity index is 4.31. The zero-order valence-corrected chi connectivity index (χ0v) is 15.8. The molecule has 0 aliphatic heterocycles. The van der Waals surface area contributed by atoms with Crippen LogP contribution in [-0.4, -0.2) is 62.2 Å². The Morgan fingerprint density at radius 2 is 1.64 bits per heavy atom. The molecule has 0 aromatic carbocycles. The van der Waals surface area contributed by atoms with Crippen molar-refractivity contribution in [1.82, 2.24) is 10.2 Å². The monoisotopic (exact) mass is 336 g/mol. The van der Waals surface area contributed by atoms with E-state index < -0.39 is 15.4 Å². The van der Waals surface area contributed by atoms with Crippen LogP contribution in [0.25, 0.3) is 0 Å². The Bertz CT molecular complexity index is 447. The van der Waals surface area contributed by atoms with E-state index in [1.165, 1.54) is 6.26 Å². The van der Waals surface area contributed by atoms with Gasteiger partial charge in [-0.1, -0.05) is 0 Å². The van der Waals surface area contributed by atoms with Gasteiger partial charge in [0, 0.05) is 24.9 Å². The molecule has 0 fully saturated rings. The summed E-state index contributed by atoms with van der Waals surface area (Å²) in [6.45, 7) is 13.1. The zero-order chi connectivity index (χ0) is 17.6. The molecule has 0 unspecified atom stereocenters. The van der Waals surface area contributed by atoms with Crippen LogP contribution in [0.5, 0.6) is 0 Å². The lowest BCUT2D eigenvalue weighted by Gasteiger charge is -2.36. The Morgan fingerprint density at radius 3 is 2.05 bits per heavy atom. The summed E-state index contributed by atoms with van der Waals surface area (Å²) >= 11 is 0. The van der Waals surface area contributed by atoms with Crippen LogP contribution in [0.4, 0.5) is 4.79 Å². The average Bonchev–Trinajstić information content (AvgIpc) is 2.21. The van der Waals surface area contributed by atoms with Crippen molar-refractivity contribution in [2.75, 3.05) is 31.6 Å². The minimum atomic E-state index is -2.91. The van der Waals surface area contributed by atoms with Crippen LogP contribution in [0.1, 0.15) is 48.0 Å². The minimum absolute atomic E-state index is 0.176. The third-order valence-corrected chi connectivity index (χ3v) is 3.83. The fourth-order valence-electron chi connectivity index (χ4n) is 1.79. The predicted octanol–water partition coefficient (Wildman–Crippen LogP) is 2.05. The summed E-state index contributed by atoms with van der Waals surface area (Å²) in [5, 5.41) is 3.16. The number of nitrogens with one attached hydrogen (secondary N) is 1. The fraction of sp³-hybridized carbons (Fsp3) is 0.933. The molecule has 0 bridgehead atoms. The second-order valence-corrected chi connectivity index (χ2v) is 9.80. The number of carbonyl (C=O) groups excluding carboxylic acids is 1. The largest absolute Gasteiger partial charge is 0.444 e. The predicted molar refractivity (Wildman–Crippen MR) is 89.9 cm³/mol. The molecule has 0 aliphatic carbocycles. The second-order valence-electron chi connectivity index (χ2n) is 7.54. The topological polar surface area (TPSA) is 75.7 Å². The van der Waals surface area contributed by atoms with Crippen molar-refractivity contribution in [2.24, 2.45) is 0 Å². The first-order chi connectivity index (χ1) is 9.72. The normalized spacial score (nSPS) is 13.0. The maximum Gasteiger partial charge on any atom is 0.410 e.